The van der Waals surface area contributed by atoms with Crippen molar-refractivity contribution in [2.45, 2.75) is 51.2 Å². The van der Waals surface area contributed by atoms with Gasteiger partial charge in [-0.05, 0) is 48.1 Å². The molecule has 0 aliphatic carbocycles. The number of alkyl halides is 3. The van der Waals surface area contributed by atoms with E-state index in [0.29, 0.717) is 56.6 Å². The highest BCUT2D eigenvalue weighted by Crippen LogP contribution is 2.32. The summed E-state index contributed by atoms with van der Waals surface area (Å²) in [5, 5.41) is 0. The number of carbonyl (C=O) groups excluding carboxylic acids is 1. The number of halogens is 4. The average Bonchev–Trinajstić information content (AvgIpc) is 3.26. The Morgan fingerprint density at radius 1 is 1.09 bits per heavy atom. The van der Waals surface area contributed by atoms with Crippen LogP contribution in [-0.2, 0) is 12.7 Å². The molecule has 1 aliphatic rings. The second-order valence-electron chi connectivity index (χ2n) is 9.07. The molecule has 0 N–H and O–H groups in total. The van der Waals surface area contributed by atoms with Gasteiger partial charge in [0, 0.05) is 37.9 Å². The SMILES string of the molecule is CC(C)c1ccc(Cn2ccnc2C2CCN(C(=O)c3cc(C(F)(F)F)ccc3F)CC2)cc1. The molecule has 8 heteroatoms. The number of hydrogen-bond acceptors (Lipinski definition) is 2. The van der Waals surface area contributed by atoms with Crippen LogP contribution in [0.15, 0.2) is 54.9 Å². The third kappa shape index (κ3) is 5.16. The molecule has 2 heterocycles. The Morgan fingerprint density at radius 2 is 1.76 bits per heavy atom. The van der Waals surface area contributed by atoms with Crippen LogP contribution in [0.4, 0.5) is 17.6 Å². The summed E-state index contributed by atoms with van der Waals surface area (Å²) in [7, 11) is 0. The van der Waals surface area contributed by atoms with Gasteiger partial charge in [0.2, 0.25) is 0 Å². The van der Waals surface area contributed by atoms with Crippen molar-refractivity contribution < 1.29 is 22.4 Å². The third-order valence-corrected chi connectivity index (χ3v) is 6.42. The van der Waals surface area contributed by atoms with E-state index in [-0.39, 0.29) is 5.92 Å². The molecule has 0 atom stereocenters. The predicted octanol–water partition coefficient (Wildman–Crippen LogP) is 6.23. The number of rotatable bonds is 5. The Morgan fingerprint density at radius 3 is 2.38 bits per heavy atom. The van der Waals surface area contributed by atoms with Gasteiger partial charge in [-0.15, -0.1) is 0 Å². The van der Waals surface area contributed by atoms with Crippen LogP contribution in [0.25, 0.3) is 0 Å². The van der Waals surface area contributed by atoms with Gasteiger partial charge in [0.1, 0.15) is 11.6 Å². The molecule has 2 aromatic carbocycles. The normalized spacial score (nSPS) is 15.2. The van der Waals surface area contributed by atoms with Gasteiger partial charge in [-0.1, -0.05) is 38.1 Å². The summed E-state index contributed by atoms with van der Waals surface area (Å²) in [4.78, 5) is 18.7. The number of piperidine rings is 1. The Hall–Kier alpha value is -3.16. The summed E-state index contributed by atoms with van der Waals surface area (Å²) in [5.74, 6) is -0.157. The van der Waals surface area contributed by atoms with Crippen LogP contribution in [-0.4, -0.2) is 33.4 Å². The van der Waals surface area contributed by atoms with Crippen molar-refractivity contribution in [1.82, 2.24) is 14.5 Å². The Balaban J connectivity index is 1.42. The topological polar surface area (TPSA) is 38.1 Å². The first kappa shape index (κ1) is 24.0. The van der Waals surface area contributed by atoms with E-state index in [4.69, 9.17) is 0 Å². The second kappa shape index (κ2) is 9.60. The number of imidazole rings is 1. The number of amides is 1. The molecule has 1 aromatic heterocycles. The quantitative estimate of drug-likeness (QED) is 0.412. The highest BCUT2D eigenvalue weighted by atomic mass is 19.4. The first-order valence-electron chi connectivity index (χ1n) is 11.4. The zero-order valence-electron chi connectivity index (χ0n) is 19.1. The Labute approximate surface area is 196 Å². The first-order valence-corrected chi connectivity index (χ1v) is 11.4. The van der Waals surface area contributed by atoms with Crippen molar-refractivity contribution in [2.75, 3.05) is 13.1 Å². The lowest BCUT2D eigenvalue weighted by atomic mass is 9.95. The smallest absolute Gasteiger partial charge is 0.339 e. The second-order valence-corrected chi connectivity index (χ2v) is 9.07. The van der Waals surface area contributed by atoms with Gasteiger partial charge >= 0.3 is 6.18 Å². The monoisotopic (exact) mass is 473 g/mol. The maximum Gasteiger partial charge on any atom is 0.416 e. The number of likely N-dealkylation sites (tertiary alicyclic amines) is 1. The van der Waals surface area contributed by atoms with E-state index < -0.39 is 29.0 Å². The number of benzene rings is 2. The van der Waals surface area contributed by atoms with Crippen LogP contribution >= 0.6 is 0 Å². The standard InChI is InChI=1S/C26H27F4N3O/c1-17(2)19-5-3-18(4-6-19)16-33-14-11-31-24(33)20-9-12-32(13-10-20)25(34)22-15-21(26(28,29)30)7-8-23(22)27/h3-8,11,14-15,17,20H,9-10,12-13,16H2,1-2H3. The van der Waals surface area contributed by atoms with Gasteiger partial charge in [-0.3, -0.25) is 4.79 Å². The summed E-state index contributed by atoms with van der Waals surface area (Å²) in [6.45, 7) is 5.65. The minimum Gasteiger partial charge on any atom is -0.339 e. The maximum absolute atomic E-state index is 14.2. The van der Waals surface area contributed by atoms with E-state index in [0.717, 1.165) is 11.4 Å². The lowest BCUT2D eigenvalue weighted by Crippen LogP contribution is -2.39. The van der Waals surface area contributed by atoms with Crippen LogP contribution in [0.2, 0.25) is 0 Å². The van der Waals surface area contributed by atoms with Gasteiger partial charge in [0.15, 0.2) is 0 Å². The molecule has 0 radical (unpaired) electrons. The average molecular weight is 474 g/mol. The molecule has 0 bridgehead atoms. The summed E-state index contributed by atoms with van der Waals surface area (Å²) < 4.78 is 55.3. The van der Waals surface area contributed by atoms with Crippen molar-refractivity contribution in [1.29, 1.82) is 0 Å². The van der Waals surface area contributed by atoms with Crippen LogP contribution in [0, 0.1) is 5.82 Å². The van der Waals surface area contributed by atoms with E-state index in [9.17, 15) is 22.4 Å². The van der Waals surface area contributed by atoms with Gasteiger partial charge in [-0.2, -0.15) is 13.2 Å². The molecule has 1 saturated heterocycles. The largest absolute Gasteiger partial charge is 0.416 e. The molecule has 1 amide bonds. The molecule has 0 unspecified atom stereocenters. The van der Waals surface area contributed by atoms with Gasteiger partial charge in [-0.25, -0.2) is 9.37 Å². The fraction of sp³-hybridized carbons (Fsp3) is 0.385. The molecule has 0 saturated carbocycles. The molecule has 180 valence electrons. The van der Waals surface area contributed by atoms with Crippen LogP contribution < -0.4 is 0 Å². The van der Waals surface area contributed by atoms with Crippen molar-refractivity contribution in [2.24, 2.45) is 0 Å². The van der Waals surface area contributed by atoms with Gasteiger partial charge in [0.25, 0.3) is 5.91 Å². The van der Waals surface area contributed by atoms with Gasteiger partial charge < -0.3 is 9.47 Å². The van der Waals surface area contributed by atoms with Crippen molar-refractivity contribution >= 4 is 5.91 Å². The van der Waals surface area contributed by atoms with E-state index >= 15 is 0 Å². The predicted molar refractivity (Wildman–Crippen MR) is 121 cm³/mol. The Bertz CT molecular complexity index is 1140. The summed E-state index contributed by atoms with van der Waals surface area (Å²) in [6.07, 6.45) is 0.266. The third-order valence-electron chi connectivity index (χ3n) is 6.42. The maximum atomic E-state index is 14.2. The minimum absolute atomic E-state index is 0.111. The Kier molecular flexibility index (Phi) is 6.77. The van der Waals surface area contributed by atoms with Crippen molar-refractivity contribution in [3.8, 4) is 0 Å². The molecular weight excluding hydrogens is 446 g/mol. The van der Waals surface area contributed by atoms with E-state index in [1.54, 1.807) is 6.20 Å². The van der Waals surface area contributed by atoms with E-state index in [2.05, 4.69) is 47.7 Å². The van der Waals surface area contributed by atoms with Crippen LogP contribution in [0.1, 0.15) is 71.4 Å². The van der Waals surface area contributed by atoms with Crippen molar-refractivity contribution in [3.63, 3.8) is 0 Å². The van der Waals surface area contributed by atoms with Crippen LogP contribution in [0.3, 0.4) is 0 Å². The molecule has 3 aromatic rings. The summed E-state index contributed by atoms with van der Waals surface area (Å²) in [5.41, 5.74) is 0.871. The first-order chi connectivity index (χ1) is 16.1. The highest BCUT2D eigenvalue weighted by Gasteiger charge is 2.33. The number of hydrogen-bond donors (Lipinski definition) is 0. The molecule has 4 nitrogen and oxygen atoms in total. The number of nitrogens with zero attached hydrogens (tertiary/aromatic N) is 3. The molecular formula is C26H27F4N3O. The zero-order chi connectivity index (χ0) is 24.5. The lowest BCUT2D eigenvalue weighted by molar-refractivity contribution is -0.137. The van der Waals surface area contributed by atoms with E-state index in [1.165, 1.54) is 10.5 Å². The fourth-order valence-corrected chi connectivity index (χ4v) is 4.40. The lowest BCUT2D eigenvalue weighted by Gasteiger charge is -2.32. The zero-order valence-corrected chi connectivity index (χ0v) is 19.1. The minimum atomic E-state index is -4.64. The van der Waals surface area contributed by atoms with E-state index in [1.807, 2.05) is 6.20 Å². The molecule has 1 fully saturated rings. The summed E-state index contributed by atoms with van der Waals surface area (Å²) >= 11 is 0. The molecule has 0 spiro atoms. The fourth-order valence-electron chi connectivity index (χ4n) is 4.40. The number of carbonyl (C=O) groups is 1. The molecule has 4 rings (SSSR count). The number of aromatic nitrogens is 2. The van der Waals surface area contributed by atoms with Gasteiger partial charge in [0.05, 0.1) is 11.1 Å². The van der Waals surface area contributed by atoms with Crippen LogP contribution in [0.5, 0.6) is 0 Å². The van der Waals surface area contributed by atoms with Crippen molar-refractivity contribution in [3.05, 3.63) is 88.8 Å². The highest BCUT2D eigenvalue weighted by molar-refractivity contribution is 5.94. The molecule has 1 aliphatic heterocycles. The molecule has 34 heavy (non-hydrogen) atoms. The summed E-state index contributed by atoms with van der Waals surface area (Å²) in [6, 6.07) is 10.4.